The number of nitrogens with zero attached hydrogens (tertiary/aromatic N) is 7. The van der Waals surface area contributed by atoms with E-state index in [1.54, 1.807) is 12.4 Å². The highest BCUT2D eigenvalue weighted by Gasteiger charge is 2.20. The van der Waals surface area contributed by atoms with Gasteiger partial charge in [-0.2, -0.15) is 5.10 Å². The molecule has 1 aromatic carbocycles. The smallest absolute Gasteiger partial charge is 0.225 e. The van der Waals surface area contributed by atoms with Gasteiger partial charge in [0.1, 0.15) is 0 Å². The van der Waals surface area contributed by atoms with Gasteiger partial charge in [0.15, 0.2) is 5.96 Å². The Morgan fingerprint density at radius 3 is 2.40 bits per heavy atom. The third-order valence-corrected chi connectivity index (χ3v) is 5.08. The molecule has 158 valence electrons. The van der Waals surface area contributed by atoms with Crippen LogP contribution in [0.3, 0.4) is 0 Å². The Hall–Kier alpha value is -2.69. The predicted octanol–water partition coefficient (Wildman–Crippen LogP) is 2.53. The van der Waals surface area contributed by atoms with Crippen LogP contribution in [0.4, 0.5) is 5.95 Å². The molecule has 3 aromatic rings. The van der Waals surface area contributed by atoms with E-state index in [1.807, 2.05) is 29.8 Å². The van der Waals surface area contributed by atoms with Crippen molar-refractivity contribution in [2.24, 2.45) is 10.7 Å². The quantitative estimate of drug-likeness (QED) is 0.325. The lowest BCUT2D eigenvalue weighted by Gasteiger charge is -2.35. The standard InChI is InChI=1S/C21H26N8.HI/c1-16-14-17(2)29(26-16)19-7-4-3-6-18(19)15-25-20(22)27-10-12-28(13-11-27)21-23-8-5-9-24-21;/h3-9,14H,10-13,15H2,1-2H3,(H2,22,25);1H. The summed E-state index contributed by atoms with van der Waals surface area (Å²) in [6, 6.07) is 12.1. The first-order chi connectivity index (χ1) is 14.1. The average Bonchev–Trinajstić information content (AvgIpc) is 3.10. The van der Waals surface area contributed by atoms with E-state index in [2.05, 4.69) is 55.0 Å². The van der Waals surface area contributed by atoms with E-state index in [9.17, 15) is 0 Å². The molecule has 3 heterocycles. The van der Waals surface area contributed by atoms with E-state index in [0.717, 1.165) is 54.8 Å². The summed E-state index contributed by atoms with van der Waals surface area (Å²) >= 11 is 0. The van der Waals surface area contributed by atoms with Crippen LogP contribution >= 0.6 is 24.0 Å². The van der Waals surface area contributed by atoms with Crippen LogP contribution in [0.5, 0.6) is 0 Å². The zero-order valence-electron chi connectivity index (χ0n) is 17.3. The zero-order valence-corrected chi connectivity index (χ0v) is 19.6. The molecule has 0 saturated carbocycles. The predicted molar refractivity (Wildman–Crippen MR) is 130 cm³/mol. The van der Waals surface area contributed by atoms with Gasteiger partial charge in [0, 0.05) is 44.3 Å². The van der Waals surface area contributed by atoms with Crippen molar-refractivity contribution in [1.82, 2.24) is 24.6 Å². The van der Waals surface area contributed by atoms with Crippen LogP contribution < -0.4 is 10.6 Å². The Bertz CT molecular complexity index is 993. The van der Waals surface area contributed by atoms with Gasteiger partial charge in [0.25, 0.3) is 0 Å². The number of benzene rings is 1. The normalized spacial score (nSPS) is 14.5. The maximum atomic E-state index is 6.31. The number of halogens is 1. The van der Waals surface area contributed by atoms with Crippen molar-refractivity contribution in [3.05, 3.63) is 65.7 Å². The molecule has 0 bridgehead atoms. The van der Waals surface area contributed by atoms with Crippen molar-refractivity contribution >= 4 is 35.9 Å². The molecule has 2 aromatic heterocycles. The molecule has 4 rings (SSSR count). The number of para-hydroxylation sites is 1. The second kappa shape index (κ2) is 9.88. The van der Waals surface area contributed by atoms with Gasteiger partial charge in [-0.25, -0.2) is 19.6 Å². The molecule has 0 aliphatic carbocycles. The lowest BCUT2D eigenvalue weighted by atomic mass is 10.2. The number of guanidine groups is 1. The minimum atomic E-state index is 0. The number of piperazine rings is 1. The van der Waals surface area contributed by atoms with Crippen molar-refractivity contribution in [2.75, 3.05) is 31.1 Å². The van der Waals surface area contributed by atoms with E-state index in [1.165, 1.54) is 0 Å². The van der Waals surface area contributed by atoms with Gasteiger partial charge in [-0.1, -0.05) is 18.2 Å². The Balaban J connectivity index is 0.00000256. The van der Waals surface area contributed by atoms with Crippen LogP contribution in [0, 0.1) is 13.8 Å². The van der Waals surface area contributed by atoms with E-state index in [4.69, 9.17) is 5.73 Å². The number of rotatable bonds is 4. The maximum Gasteiger partial charge on any atom is 0.225 e. The van der Waals surface area contributed by atoms with Gasteiger partial charge in [-0.3, -0.25) is 0 Å². The van der Waals surface area contributed by atoms with Crippen LogP contribution in [-0.4, -0.2) is 56.8 Å². The highest BCUT2D eigenvalue weighted by Crippen LogP contribution is 2.18. The Labute approximate surface area is 193 Å². The van der Waals surface area contributed by atoms with Crippen LogP contribution in [0.15, 0.2) is 53.8 Å². The molecule has 2 N–H and O–H groups in total. The van der Waals surface area contributed by atoms with E-state index < -0.39 is 0 Å². The molecular formula is C21H27IN8. The minimum Gasteiger partial charge on any atom is -0.370 e. The van der Waals surface area contributed by atoms with Crippen LogP contribution in [0.1, 0.15) is 17.0 Å². The fourth-order valence-corrected chi connectivity index (χ4v) is 3.58. The molecule has 0 spiro atoms. The highest BCUT2D eigenvalue weighted by atomic mass is 127. The molecule has 0 amide bonds. The van der Waals surface area contributed by atoms with Gasteiger partial charge in [0.05, 0.1) is 17.9 Å². The SMILES string of the molecule is Cc1cc(C)n(-c2ccccc2CN=C(N)N2CCN(c3ncccn3)CC2)n1.I. The highest BCUT2D eigenvalue weighted by molar-refractivity contribution is 14.0. The number of aromatic nitrogens is 4. The molecule has 1 aliphatic rings. The topological polar surface area (TPSA) is 88.5 Å². The molecule has 1 aliphatic heterocycles. The lowest BCUT2D eigenvalue weighted by molar-refractivity contribution is 0.378. The zero-order chi connectivity index (χ0) is 20.2. The molecule has 0 unspecified atom stereocenters. The van der Waals surface area contributed by atoms with Crippen molar-refractivity contribution in [3.63, 3.8) is 0 Å². The third-order valence-electron chi connectivity index (χ3n) is 5.08. The minimum absolute atomic E-state index is 0. The third kappa shape index (κ3) is 4.89. The Kier molecular flexibility index (Phi) is 7.24. The second-order valence-electron chi connectivity index (χ2n) is 7.16. The lowest BCUT2D eigenvalue weighted by Crippen LogP contribution is -2.51. The number of hydrogen-bond donors (Lipinski definition) is 1. The van der Waals surface area contributed by atoms with Gasteiger partial charge in [0.2, 0.25) is 5.95 Å². The number of aliphatic imine (C=N–C) groups is 1. The number of aryl methyl sites for hydroxylation is 2. The summed E-state index contributed by atoms with van der Waals surface area (Å²) < 4.78 is 1.97. The Morgan fingerprint density at radius 1 is 1.03 bits per heavy atom. The van der Waals surface area contributed by atoms with Gasteiger partial charge in [-0.05, 0) is 37.6 Å². The number of nitrogens with two attached hydrogens (primary N) is 1. The van der Waals surface area contributed by atoms with Gasteiger partial charge >= 0.3 is 0 Å². The summed E-state index contributed by atoms with van der Waals surface area (Å²) in [5.74, 6) is 1.34. The molecule has 30 heavy (non-hydrogen) atoms. The summed E-state index contributed by atoms with van der Waals surface area (Å²) in [7, 11) is 0. The fourth-order valence-electron chi connectivity index (χ4n) is 3.58. The monoisotopic (exact) mass is 518 g/mol. The largest absolute Gasteiger partial charge is 0.370 e. The van der Waals surface area contributed by atoms with Crippen LogP contribution in [0.25, 0.3) is 5.69 Å². The first-order valence-corrected chi connectivity index (χ1v) is 9.80. The van der Waals surface area contributed by atoms with Gasteiger partial charge < -0.3 is 15.5 Å². The number of anilines is 1. The van der Waals surface area contributed by atoms with Crippen molar-refractivity contribution in [1.29, 1.82) is 0 Å². The van der Waals surface area contributed by atoms with Gasteiger partial charge in [-0.15, -0.1) is 24.0 Å². The van der Waals surface area contributed by atoms with Crippen molar-refractivity contribution in [3.8, 4) is 5.69 Å². The molecule has 0 radical (unpaired) electrons. The first kappa shape index (κ1) is 22.0. The second-order valence-corrected chi connectivity index (χ2v) is 7.16. The van der Waals surface area contributed by atoms with E-state index >= 15 is 0 Å². The van der Waals surface area contributed by atoms with E-state index in [-0.39, 0.29) is 24.0 Å². The molecular weight excluding hydrogens is 491 g/mol. The molecule has 1 fully saturated rings. The van der Waals surface area contributed by atoms with E-state index in [0.29, 0.717) is 12.5 Å². The summed E-state index contributed by atoms with van der Waals surface area (Å²) in [5.41, 5.74) is 10.5. The molecule has 1 saturated heterocycles. The molecule has 8 nitrogen and oxygen atoms in total. The molecule has 9 heteroatoms. The average molecular weight is 518 g/mol. The van der Waals surface area contributed by atoms with Crippen LogP contribution in [-0.2, 0) is 6.54 Å². The summed E-state index contributed by atoms with van der Waals surface area (Å²) in [6.07, 6.45) is 3.54. The van der Waals surface area contributed by atoms with Crippen molar-refractivity contribution < 1.29 is 0 Å². The summed E-state index contributed by atoms with van der Waals surface area (Å²) in [4.78, 5) is 17.6. The number of hydrogen-bond acceptors (Lipinski definition) is 5. The summed E-state index contributed by atoms with van der Waals surface area (Å²) in [6.45, 7) is 7.82. The fraction of sp³-hybridized carbons (Fsp3) is 0.333. The van der Waals surface area contributed by atoms with Crippen molar-refractivity contribution in [2.45, 2.75) is 20.4 Å². The maximum absolute atomic E-state index is 6.31. The summed E-state index contributed by atoms with van der Waals surface area (Å²) in [5, 5.41) is 4.60. The first-order valence-electron chi connectivity index (χ1n) is 9.80. The molecule has 0 atom stereocenters. The Morgan fingerprint density at radius 2 is 1.73 bits per heavy atom. The van der Waals surface area contributed by atoms with Crippen LogP contribution in [0.2, 0.25) is 0 Å².